The van der Waals surface area contributed by atoms with Crippen molar-refractivity contribution >= 4 is 11.7 Å². The summed E-state index contributed by atoms with van der Waals surface area (Å²) >= 11 is 0. The molecule has 0 aliphatic carbocycles. The van der Waals surface area contributed by atoms with E-state index in [2.05, 4.69) is 5.32 Å². The second-order valence-corrected chi connectivity index (χ2v) is 4.19. The molecule has 0 aromatic heterocycles. The molecule has 0 amide bonds. The van der Waals surface area contributed by atoms with Gasteiger partial charge in [0.1, 0.15) is 6.54 Å². The van der Waals surface area contributed by atoms with Crippen molar-refractivity contribution < 1.29 is 14.3 Å². The molecule has 0 spiro atoms. The summed E-state index contributed by atoms with van der Waals surface area (Å²) in [7, 11) is 1.51. The minimum atomic E-state index is -0.679. The zero-order chi connectivity index (χ0) is 14.2. The van der Waals surface area contributed by atoms with Crippen LogP contribution >= 0.6 is 0 Å². The van der Waals surface area contributed by atoms with E-state index in [9.17, 15) is 4.79 Å². The molecule has 4 nitrogen and oxygen atoms in total. The Balaban J connectivity index is 1.87. The molecule has 0 saturated carbocycles. The molecule has 0 heterocycles. The molecule has 0 saturated heterocycles. The Morgan fingerprint density at radius 3 is 2.25 bits per heavy atom. The van der Waals surface area contributed by atoms with Gasteiger partial charge >= 0.3 is 5.97 Å². The van der Waals surface area contributed by atoms with Crippen LogP contribution in [0.5, 0.6) is 0 Å². The number of carbonyl (C=O) groups is 1. The van der Waals surface area contributed by atoms with Crippen LogP contribution in [-0.2, 0) is 14.3 Å². The standard InChI is InChI=1S/C16H17NO3/c1-19-16(13-8-4-2-5-9-13)20-15(18)12-17-14-10-6-3-7-11-14/h2-11,16-17H,12H2,1H3. The number of carbonyl (C=O) groups excluding carboxylic acids is 1. The lowest BCUT2D eigenvalue weighted by molar-refractivity contribution is -0.173. The van der Waals surface area contributed by atoms with E-state index in [0.717, 1.165) is 11.3 Å². The van der Waals surface area contributed by atoms with Crippen LogP contribution in [0.1, 0.15) is 11.9 Å². The van der Waals surface area contributed by atoms with Gasteiger partial charge in [-0.1, -0.05) is 48.5 Å². The summed E-state index contributed by atoms with van der Waals surface area (Å²) in [6.45, 7) is 0.0940. The summed E-state index contributed by atoms with van der Waals surface area (Å²) in [5.74, 6) is -0.371. The molecule has 4 heteroatoms. The smallest absolute Gasteiger partial charge is 0.327 e. The number of rotatable bonds is 6. The number of anilines is 1. The van der Waals surface area contributed by atoms with Gasteiger partial charge in [0.05, 0.1) is 0 Å². The van der Waals surface area contributed by atoms with Crippen LogP contribution in [0.4, 0.5) is 5.69 Å². The van der Waals surface area contributed by atoms with Crippen LogP contribution in [0.15, 0.2) is 60.7 Å². The summed E-state index contributed by atoms with van der Waals surface area (Å²) in [4.78, 5) is 11.8. The highest BCUT2D eigenvalue weighted by Gasteiger charge is 2.15. The van der Waals surface area contributed by atoms with E-state index in [0.29, 0.717) is 0 Å². The maximum Gasteiger partial charge on any atom is 0.327 e. The van der Waals surface area contributed by atoms with E-state index in [-0.39, 0.29) is 12.5 Å². The van der Waals surface area contributed by atoms with Crippen molar-refractivity contribution in [2.75, 3.05) is 19.0 Å². The average Bonchev–Trinajstić information content (AvgIpc) is 2.52. The maximum absolute atomic E-state index is 11.8. The van der Waals surface area contributed by atoms with E-state index in [1.807, 2.05) is 60.7 Å². The molecule has 2 aromatic carbocycles. The van der Waals surface area contributed by atoms with Crippen molar-refractivity contribution in [3.63, 3.8) is 0 Å². The van der Waals surface area contributed by atoms with Gasteiger partial charge < -0.3 is 14.8 Å². The Morgan fingerprint density at radius 1 is 1.05 bits per heavy atom. The summed E-state index contributed by atoms with van der Waals surface area (Å²) in [5.41, 5.74) is 1.68. The van der Waals surface area contributed by atoms with E-state index < -0.39 is 6.29 Å². The van der Waals surface area contributed by atoms with E-state index in [4.69, 9.17) is 9.47 Å². The molecule has 1 atom stereocenters. The number of ether oxygens (including phenoxy) is 2. The van der Waals surface area contributed by atoms with Crippen LogP contribution < -0.4 is 5.32 Å². The molecular weight excluding hydrogens is 254 g/mol. The zero-order valence-corrected chi connectivity index (χ0v) is 11.3. The Morgan fingerprint density at radius 2 is 1.65 bits per heavy atom. The molecule has 0 bridgehead atoms. The molecule has 1 N–H and O–H groups in total. The van der Waals surface area contributed by atoms with Crippen molar-refractivity contribution in [3.8, 4) is 0 Å². The lowest BCUT2D eigenvalue weighted by Gasteiger charge is -2.16. The molecule has 104 valence electrons. The van der Waals surface area contributed by atoms with Gasteiger partial charge in [-0.15, -0.1) is 0 Å². The number of hydrogen-bond donors (Lipinski definition) is 1. The van der Waals surface area contributed by atoms with Gasteiger partial charge in [-0.25, -0.2) is 0 Å². The number of para-hydroxylation sites is 1. The monoisotopic (exact) mass is 271 g/mol. The number of benzene rings is 2. The maximum atomic E-state index is 11.8. The quantitative estimate of drug-likeness (QED) is 0.648. The molecule has 0 fully saturated rings. The zero-order valence-electron chi connectivity index (χ0n) is 11.3. The third-order valence-corrected chi connectivity index (χ3v) is 2.73. The number of hydrogen-bond acceptors (Lipinski definition) is 4. The number of nitrogens with one attached hydrogen (secondary N) is 1. The van der Waals surface area contributed by atoms with Crippen LogP contribution in [0.2, 0.25) is 0 Å². The molecule has 0 aliphatic rings. The Labute approximate surface area is 118 Å². The highest BCUT2D eigenvalue weighted by Crippen LogP contribution is 2.17. The first-order valence-corrected chi connectivity index (χ1v) is 6.36. The predicted octanol–water partition coefficient (Wildman–Crippen LogP) is 2.99. The SMILES string of the molecule is COC(OC(=O)CNc1ccccc1)c1ccccc1. The second kappa shape index (κ2) is 7.31. The largest absolute Gasteiger partial charge is 0.430 e. The summed E-state index contributed by atoms with van der Waals surface area (Å²) in [5, 5.41) is 3.00. The van der Waals surface area contributed by atoms with Gasteiger partial charge in [-0.05, 0) is 12.1 Å². The lowest BCUT2D eigenvalue weighted by atomic mass is 10.2. The third-order valence-electron chi connectivity index (χ3n) is 2.73. The minimum Gasteiger partial charge on any atom is -0.430 e. The Hall–Kier alpha value is -2.33. The molecule has 2 aromatic rings. The molecule has 20 heavy (non-hydrogen) atoms. The van der Waals surface area contributed by atoms with E-state index in [1.165, 1.54) is 7.11 Å². The summed E-state index contributed by atoms with van der Waals surface area (Å²) < 4.78 is 10.5. The minimum absolute atomic E-state index is 0.0940. The highest BCUT2D eigenvalue weighted by molar-refractivity contribution is 5.75. The fraction of sp³-hybridized carbons (Fsp3) is 0.188. The van der Waals surface area contributed by atoms with Gasteiger partial charge in [0, 0.05) is 18.4 Å². The van der Waals surface area contributed by atoms with Crippen LogP contribution in [0.3, 0.4) is 0 Å². The fourth-order valence-corrected chi connectivity index (χ4v) is 1.75. The van der Waals surface area contributed by atoms with Crippen molar-refractivity contribution in [1.82, 2.24) is 0 Å². The number of methoxy groups -OCH3 is 1. The molecule has 0 radical (unpaired) electrons. The van der Waals surface area contributed by atoms with Crippen LogP contribution in [0, 0.1) is 0 Å². The van der Waals surface area contributed by atoms with Gasteiger partial charge in [-0.3, -0.25) is 4.79 Å². The van der Waals surface area contributed by atoms with Gasteiger partial charge in [-0.2, -0.15) is 0 Å². The van der Waals surface area contributed by atoms with Crippen molar-refractivity contribution in [3.05, 3.63) is 66.2 Å². The fourth-order valence-electron chi connectivity index (χ4n) is 1.75. The molecule has 0 aliphatic heterocycles. The normalized spacial score (nSPS) is 11.7. The van der Waals surface area contributed by atoms with Crippen molar-refractivity contribution in [1.29, 1.82) is 0 Å². The van der Waals surface area contributed by atoms with Crippen molar-refractivity contribution in [2.24, 2.45) is 0 Å². The molecular formula is C16H17NO3. The second-order valence-electron chi connectivity index (χ2n) is 4.19. The summed E-state index contributed by atoms with van der Waals surface area (Å²) in [6.07, 6.45) is -0.679. The van der Waals surface area contributed by atoms with Crippen molar-refractivity contribution in [2.45, 2.75) is 6.29 Å². The Kier molecular flexibility index (Phi) is 5.15. The lowest BCUT2D eigenvalue weighted by Crippen LogP contribution is -2.20. The first kappa shape index (κ1) is 14.1. The Bertz CT molecular complexity index is 528. The van der Waals surface area contributed by atoms with Gasteiger partial charge in [0.2, 0.25) is 6.29 Å². The third kappa shape index (κ3) is 4.10. The number of esters is 1. The highest BCUT2D eigenvalue weighted by atomic mass is 16.7. The van der Waals surface area contributed by atoms with Gasteiger partial charge in [0.15, 0.2) is 0 Å². The van der Waals surface area contributed by atoms with Gasteiger partial charge in [0.25, 0.3) is 0 Å². The molecule has 1 unspecified atom stereocenters. The van der Waals surface area contributed by atoms with Crippen LogP contribution in [0.25, 0.3) is 0 Å². The van der Waals surface area contributed by atoms with E-state index in [1.54, 1.807) is 0 Å². The molecule has 2 rings (SSSR count). The van der Waals surface area contributed by atoms with Crippen LogP contribution in [-0.4, -0.2) is 19.6 Å². The first-order chi connectivity index (χ1) is 9.79. The van der Waals surface area contributed by atoms with E-state index >= 15 is 0 Å². The first-order valence-electron chi connectivity index (χ1n) is 6.36. The predicted molar refractivity (Wildman–Crippen MR) is 77.2 cm³/mol. The topological polar surface area (TPSA) is 47.6 Å². The summed E-state index contributed by atoms with van der Waals surface area (Å²) in [6, 6.07) is 18.8. The average molecular weight is 271 g/mol.